The zero-order valence-corrected chi connectivity index (χ0v) is 15.6. The summed E-state index contributed by atoms with van der Waals surface area (Å²) in [4.78, 5) is 16.5. The van der Waals surface area contributed by atoms with Crippen molar-refractivity contribution in [3.8, 4) is 11.8 Å². The first-order valence-corrected chi connectivity index (χ1v) is 8.49. The number of nitrogens with zero attached hydrogens (tertiary/aromatic N) is 1. The molecule has 1 amide bonds. The minimum absolute atomic E-state index is 0.143. The highest BCUT2D eigenvalue weighted by Gasteiger charge is 2.16. The van der Waals surface area contributed by atoms with Crippen molar-refractivity contribution in [2.75, 3.05) is 13.7 Å². The molecule has 2 rings (SSSR count). The fourth-order valence-electron chi connectivity index (χ4n) is 2.26. The predicted molar refractivity (Wildman–Crippen MR) is 97.9 cm³/mol. The average Bonchev–Trinajstić information content (AvgIpc) is 2.58. The van der Waals surface area contributed by atoms with Gasteiger partial charge in [0.25, 0.3) is 5.91 Å². The summed E-state index contributed by atoms with van der Waals surface area (Å²) in [6.45, 7) is 7.10. The van der Waals surface area contributed by atoms with E-state index in [1.165, 1.54) is 19.2 Å². The predicted octanol–water partition coefficient (Wildman–Crippen LogP) is 3.97. The van der Waals surface area contributed by atoms with Gasteiger partial charge >= 0.3 is 0 Å². The van der Waals surface area contributed by atoms with Crippen molar-refractivity contribution >= 4 is 5.91 Å². The molecule has 140 valence electrons. The van der Waals surface area contributed by atoms with Gasteiger partial charge in [0.05, 0.1) is 7.11 Å². The Labute approximate surface area is 153 Å². The van der Waals surface area contributed by atoms with Crippen LogP contribution < -0.4 is 14.8 Å². The molecule has 26 heavy (non-hydrogen) atoms. The van der Waals surface area contributed by atoms with Crippen molar-refractivity contribution in [1.82, 2.24) is 10.3 Å². The maximum atomic E-state index is 13.2. The molecule has 0 radical (unpaired) electrons. The number of carbonyl (C=O) groups excluding carboxylic acids is 1. The second-order valence-electron chi connectivity index (χ2n) is 7.19. The highest BCUT2D eigenvalue weighted by molar-refractivity contribution is 5.96. The normalized spacial score (nSPS) is 11.1. The van der Waals surface area contributed by atoms with Crippen LogP contribution >= 0.6 is 0 Å². The van der Waals surface area contributed by atoms with Crippen molar-refractivity contribution in [1.29, 1.82) is 0 Å². The number of benzene rings is 1. The largest absolute Gasteiger partial charge is 0.480 e. The molecule has 0 aliphatic carbocycles. The van der Waals surface area contributed by atoms with Gasteiger partial charge < -0.3 is 14.8 Å². The topological polar surface area (TPSA) is 60.5 Å². The molecule has 0 unspecified atom stereocenters. The Balaban J connectivity index is 2.01. The van der Waals surface area contributed by atoms with E-state index < -0.39 is 0 Å². The zero-order chi connectivity index (χ0) is 19.2. The van der Waals surface area contributed by atoms with E-state index in [1.807, 2.05) is 0 Å². The van der Waals surface area contributed by atoms with E-state index in [2.05, 4.69) is 31.1 Å². The molecule has 0 aliphatic rings. The first-order valence-electron chi connectivity index (χ1n) is 8.49. The molecule has 1 aromatic carbocycles. The van der Waals surface area contributed by atoms with E-state index in [-0.39, 0.29) is 29.6 Å². The molecule has 0 fully saturated rings. The second kappa shape index (κ2) is 8.65. The minimum Gasteiger partial charge on any atom is -0.480 e. The van der Waals surface area contributed by atoms with Crippen molar-refractivity contribution in [3.63, 3.8) is 0 Å². The first-order chi connectivity index (χ1) is 12.3. The molecular formula is C20H25FN2O3. The monoisotopic (exact) mass is 360 g/mol. The lowest BCUT2D eigenvalue weighted by Crippen LogP contribution is -2.27. The smallest absolute Gasteiger partial charge is 0.256 e. The number of halogens is 1. The molecule has 5 nitrogen and oxygen atoms in total. The third kappa shape index (κ3) is 6.02. The van der Waals surface area contributed by atoms with E-state index in [4.69, 9.17) is 9.47 Å². The van der Waals surface area contributed by atoms with Gasteiger partial charge in [0, 0.05) is 12.6 Å². The third-order valence-electron chi connectivity index (χ3n) is 3.71. The van der Waals surface area contributed by atoms with E-state index in [1.54, 1.807) is 24.3 Å². The van der Waals surface area contributed by atoms with Gasteiger partial charge in [0.1, 0.15) is 18.0 Å². The molecule has 1 heterocycles. The van der Waals surface area contributed by atoms with Crippen molar-refractivity contribution < 1.29 is 18.7 Å². The zero-order valence-electron chi connectivity index (χ0n) is 15.6. The Kier molecular flexibility index (Phi) is 6.55. The summed E-state index contributed by atoms with van der Waals surface area (Å²) < 4.78 is 24.0. The van der Waals surface area contributed by atoms with Crippen LogP contribution in [0.4, 0.5) is 4.39 Å². The summed E-state index contributed by atoms with van der Waals surface area (Å²) in [5.74, 6) is -0.0680. The van der Waals surface area contributed by atoms with E-state index >= 15 is 0 Å². The second-order valence-corrected chi connectivity index (χ2v) is 7.19. The highest BCUT2D eigenvalue weighted by Crippen LogP contribution is 2.21. The van der Waals surface area contributed by atoms with Gasteiger partial charge in [-0.25, -0.2) is 4.39 Å². The Morgan fingerprint density at radius 2 is 2.00 bits per heavy atom. The third-order valence-corrected chi connectivity index (χ3v) is 3.71. The van der Waals surface area contributed by atoms with E-state index in [0.717, 1.165) is 6.42 Å². The lowest BCUT2D eigenvalue weighted by Gasteiger charge is -2.18. The quantitative estimate of drug-likeness (QED) is 0.811. The van der Waals surface area contributed by atoms with Gasteiger partial charge in [0.2, 0.25) is 11.8 Å². The number of rotatable bonds is 7. The van der Waals surface area contributed by atoms with Gasteiger partial charge in [-0.3, -0.25) is 4.79 Å². The van der Waals surface area contributed by atoms with Crippen molar-refractivity contribution in [2.45, 2.75) is 33.8 Å². The average molecular weight is 360 g/mol. The molecule has 0 bridgehead atoms. The van der Waals surface area contributed by atoms with Crippen LogP contribution in [0.2, 0.25) is 0 Å². The maximum absolute atomic E-state index is 13.2. The van der Waals surface area contributed by atoms with Crippen molar-refractivity contribution in [3.05, 3.63) is 53.3 Å². The molecule has 6 heteroatoms. The number of carbonyl (C=O) groups is 1. The van der Waals surface area contributed by atoms with Gasteiger partial charge in [-0.1, -0.05) is 32.9 Å². The van der Waals surface area contributed by atoms with Gasteiger partial charge in [-0.05, 0) is 35.6 Å². The Bertz CT molecular complexity index is 757. The Morgan fingerprint density at radius 3 is 2.65 bits per heavy atom. The maximum Gasteiger partial charge on any atom is 0.256 e. The Hall–Kier alpha value is -2.63. The molecule has 2 aromatic rings. The lowest BCUT2D eigenvalue weighted by atomic mass is 9.92. The lowest BCUT2D eigenvalue weighted by molar-refractivity contribution is 0.0945. The van der Waals surface area contributed by atoms with Crippen LogP contribution in [0, 0.1) is 11.2 Å². The molecule has 0 atom stereocenters. The standard InChI is InChI=1S/C20H25FN2O3/c1-20(2,3)10-11-22-18(24)16-8-9-17(23-19(16)25-4)26-13-14-6-5-7-15(21)12-14/h5-9,12H,10-11,13H2,1-4H3,(H,22,24). The number of methoxy groups -OCH3 is 1. The number of nitrogens with one attached hydrogen (secondary N) is 1. The number of amides is 1. The molecular weight excluding hydrogens is 335 g/mol. The van der Waals surface area contributed by atoms with Crippen LogP contribution in [-0.2, 0) is 6.61 Å². The van der Waals surface area contributed by atoms with Crippen LogP contribution in [0.5, 0.6) is 11.8 Å². The number of ether oxygens (including phenoxy) is 2. The molecule has 0 saturated heterocycles. The summed E-state index contributed by atoms with van der Waals surface area (Å²) in [6.07, 6.45) is 0.864. The van der Waals surface area contributed by atoms with Gasteiger partial charge in [-0.2, -0.15) is 4.98 Å². The highest BCUT2D eigenvalue weighted by atomic mass is 19.1. The van der Waals surface area contributed by atoms with Crippen LogP contribution in [-0.4, -0.2) is 24.5 Å². The van der Waals surface area contributed by atoms with Gasteiger partial charge in [-0.15, -0.1) is 0 Å². The summed E-state index contributed by atoms with van der Waals surface area (Å²) >= 11 is 0. The molecule has 0 saturated carbocycles. The molecule has 0 spiro atoms. The van der Waals surface area contributed by atoms with E-state index in [0.29, 0.717) is 23.6 Å². The fraction of sp³-hybridized carbons (Fsp3) is 0.400. The van der Waals surface area contributed by atoms with Crippen molar-refractivity contribution in [2.24, 2.45) is 5.41 Å². The number of hydrogen-bond acceptors (Lipinski definition) is 4. The number of aromatic nitrogens is 1. The van der Waals surface area contributed by atoms with E-state index in [9.17, 15) is 9.18 Å². The molecule has 1 aromatic heterocycles. The molecule has 1 N–H and O–H groups in total. The SMILES string of the molecule is COc1nc(OCc2cccc(F)c2)ccc1C(=O)NCCC(C)(C)C. The van der Waals surface area contributed by atoms with Gasteiger partial charge in [0.15, 0.2) is 0 Å². The summed E-state index contributed by atoms with van der Waals surface area (Å²) in [5.41, 5.74) is 1.18. The summed E-state index contributed by atoms with van der Waals surface area (Å²) in [7, 11) is 1.45. The molecule has 0 aliphatic heterocycles. The number of hydrogen-bond donors (Lipinski definition) is 1. The minimum atomic E-state index is -0.320. The fourth-order valence-corrected chi connectivity index (χ4v) is 2.26. The van der Waals surface area contributed by atoms with Crippen LogP contribution in [0.3, 0.4) is 0 Å². The summed E-state index contributed by atoms with van der Waals surface area (Å²) in [5, 5.41) is 2.87. The summed E-state index contributed by atoms with van der Waals surface area (Å²) in [6, 6.07) is 9.36. The number of pyridine rings is 1. The first kappa shape index (κ1) is 19.7. The van der Waals surface area contributed by atoms with Crippen LogP contribution in [0.15, 0.2) is 36.4 Å². The van der Waals surface area contributed by atoms with Crippen LogP contribution in [0.1, 0.15) is 43.1 Å². The Morgan fingerprint density at radius 1 is 1.23 bits per heavy atom. The van der Waals surface area contributed by atoms with Crippen LogP contribution in [0.25, 0.3) is 0 Å².